The molecule has 1 rings (SSSR count). The Morgan fingerprint density at radius 1 is 1.47 bits per heavy atom. The molecule has 0 aliphatic rings. The third-order valence-electron chi connectivity index (χ3n) is 2.30. The van der Waals surface area contributed by atoms with E-state index in [1.165, 1.54) is 26.1 Å². The number of aryl methyl sites for hydroxylation is 1. The van der Waals surface area contributed by atoms with Gasteiger partial charge in [-0.05, 0) is 31.5 Å². The Kier molecular flexibility index (Phi) is 4.24. The number of likely N-dealkylation sites (N-methyl/N-ethyl adjacent to an activating group) is 1. The van der Waals surface area contributed by atoms with Gasteiger partial charge in [-0.1, -0.05) is 6.07 Å². The first kappa shape index (κ1) is 14.1. The summed E-state index contributed by atoms with van der Waals surface area (Å²) in [6.07, 6.45) is -0.803. The molecule has 1 aromatic carbocycles. The Bertz CT molecular complexity index is 499. The van der Waals surface area contributed by atoms with Crippen LogP contribution >= 0.6 is 0 Å². The van der Waals surface area contributed by atoms with Gasteiger partial charge in [0.25, 0.3) is 0 Å². The zero-order chi connectivity index (χ0) is 13.2. The fourth-order valence-electron chi connectivity index (χ4n) is 1.45. The molecule has 0 saturated carbocycles. The number of benzene rings is 1. The second-order valence-electron chi connectivity index (χ2n) is 4.07. The second kappa shape index (κ2) is 5.12. The van der Waals surface area contributed by atoms with Crippen molar-refractivity contribution in [3.8, 4) is 0 Å². The number of rotatable bonds is 4. The highest BCUT2D eigenvalue weighted by molar-refractivity contribution is 7.89. The van der Waals surface area contributed by atoms with Crippen molar-refractivity contribution in [2.75, 3.05) is 13.6 Å². The number of nitrogens with zero attached hydrogens (tertiary/aromatic N) is 1. The third-order valence-corrected chi connectivity index (χ3v) is 4.13. The van der Waals surface area contributed by atoms with Crippen molar-refractivity contribution in [2.45, 2.75) is 24.8 Å². The number of aliphatic hydroxyl groups excluding tert-OH is 1. The van der Waals surface area contributed by atoms with E-state index in [1.54, 1.807) is 6.92 Å². The molecule has 0 aromatic heterocycles. The second-order valence-corrected chi connectivity index (χ2v) is 6.08. The Morgan fingerprint density at radius 2 is 2.06 bits per heavy atom. The molecule has 1 unspecified atom stereocenters. The Hall–Kier alpha value is -0.980. The summed E-state index contributed by atoms with van der Waals surface area (Å²) in [6.45, 7) is 3.08. The van der Waals surface area contributed by atoms with E-state index in [-0.39, 0.29) is 11.4 Å². The van der Waals surface area contributed by atoms with E-state index in [2.05, 4.69) is 0 Å². The maximum atomic E-state index is 13.5. The smallest absolute Gasteiger partial charge is 0.245 e. The van der Waals surface area contributed by atoms with Crippen LogP contribution in [0.25, 0.3) is 0 Å². The van der Waals surface area contributed by atoms with Gasteiger partial charge >= 0.3 is 0 Å². The lowest BCUT2D eigenvalue weighted by atomic mass is 10.2. The lowest BCUT2D eigenvalue weighted by Gasteiger charge is -2.19. The number of hydrogen-bond donors (Lipinski definition) is 1. The molecule has 1 atom stereocenters. The van der Waals surface area contributed by atoms with Crippen LogP contribution in [-0.2, 0) is 10.0 Å². The predicted molar refractivity (Wildman–Crippen MR) is 62.6 cm³/mol. The van der Waals surface area contributed by atoms with E-state index < -0.39 is 21.9 Å². The number of aliphatic hydroxyl groups is 1. The summed E-state index contributed by atoms with van der Waals surface area (Å²) in [4.78, 5) is -0.361. The Balaban J connectivity index is 3.17. The topological polar surface area (TPSA) is 57.6 Å². The van der Waals surface area contributed by atoms with Gasteiger partial charge in [0.05, 0.1) is 6.10 Å². The van der Waals surface area contributed by atoms with E-state index in [1.807, 2.05) is 0 Å². The molecule has 0 saturated heterocycles. The normalized spacial score (nSPS) is 14.0. The largest absolute Gasteiger partial charge is 0.392 e. The molecular formula is C11H16FNO3S. The van der Waals surface area contributed by atoms with E-state index in [0.717, 1.165) is 10.4 Å². The van der Waals surface area contributed by atoms with E-state index >= 15 is 0 Å². The van der Waals surface area contributed by atoms with Crippen molar-refractivity contribution in [3.05, 3.63) is 29.6 Å². The van der Waals surface area contributed by atoms with Gasteiger partial charge in [0, 0.05) is 13.6 Å². The summed E-state index contributed by atoms with van der Waals surface area (Å²) in [5, 5.41) is 9.16. The molecule has 0 radical (unpaired) electrons. The number of sulfonamides is 1. The summed E-state index contributed by atoms with van der Waals surface area (Å²) in [6, 6.07) is 3.91. The Morgan fingerprint density at radius 3 is 2.59 bits per heavy atom. The van der Waals surface area contributed by atoms with Crippen LogP contribution in [0.5, 0.6) is 0 Å². The van der Waals surface area contributed by atoms with Crippen molar-refractivity contribution in [1.29, 1.82) is 0 Å². The van der Waals surface area contributed by atoms with Crippen LogP contribution in [0.3, 0.4) is 0 Å². The van der Waals surface area contributed by atoms with Crippen molar-refractivity contribution in [2.24, 2.45) is 0 Å². The summed E-state index contributed by atoms with van der Waals surface area (Å²) < 4.78 is 38.5. The number of hydrogen-bond acceptors (Lipinski definition) is 3. The molecule has 0 heterocycles. The highest BCUT2D eigenvalue weighted by Crippen LogP contribution is 2.19. The van der Waals surface area contributed by atoms with E-state index in [9.17, 15) is 12.8 Å². The van der Waals surface area contributed by atoms with Gasteiger partial charge in [0.2, 0.25) is 10.0 Å². The van der Waals surface area contributed by atoms with Gasteiger partial charge in [-0.25, -0.2) is 12.8 Å². The Labute approximate surface area is 101 Å². The van der Waals surface area contributed by atoms with Gasteiger partial charge in [0.1, 0.15) is 10.7 Å². The van der Waals surface area contributed by atoms with Crippen molar-refractivity contribution in [1.82, 2.24) is 4.31 Å². The fourth-order valence-corrected chi connectivity index (χ4v) is 2.84. The minimum absolute atomic E-state index is 0.0737. The van der Waals surface area contributed by atoms with E-state index in [0.29, 0.717) is 5.56 Å². The van der Waals surface area contributed by atoms with Crippen molar-refractivity contribution in [3.63, 3.8) is 0 Å². The minimum Gasteiger partial charge on any atom is -0.392 e. The van der Waals surface area contributed by atoms with Crippen LogP contribution in [0.2, 0.25) is 0 Å². The summed E-state index contributed by atoms with van der Waals surface area (Å²) >= 11 is 0. The lowest BCUT2D eigenvalue weighted by molar-refractivity contribution is 0.171. The summed E-state index contributed by atoms with van der Waals surface area (Å²) in [7, 11) is -2.58. The molecular weight excluding hydrogens is 245 g/mol. The monoisotopic (exact) mass is 261 g/mol. The van der Waals surface area contributed by atoms with E-state index in [4.69, 9.17) is 5.11 Å². The molecule has 1 aromatic rings. The highest BCUT2D eigenvalue weighted by atomic mass is 32.2. The fraction of sp³-hybridized carbons (Fsp3) is 0.455. The van der Waals surface area contributed by atoms with Crippen LogP contribution in [0.4, 0.5) is 4.39 Å². The predicted octanol–water partition coefficient (Wildman–Crippen LogP) is 1.14. The first-order valence-electron chi connectivity index (χ1n) is 5.15. The molecule has 0 spiro atoms. The molecule has 6 heteroatoms. The van der Waals surface area contributed by atoms with Crippen molar-refractivity contribution >= 4 is 10.0 Å². The molecule has 0 amide bonds. The van der Waals surface area contributed by atoms with Gasteiger partial charge in [-0.3, -0.25) is 0 Å². The zero-order valence-corrected chi connectivity index (χ0v) is 10.8. The third kappa shape index (κ3) is 3.24. The molecule has 4 nitrogen and oxygen atoms in total. The van der Waals surface area contributed by atoms with Gasteiger partial charge in [-0.15, -0.1) is 0 Å². The lowest BCUT2D eigenvalue weighted by Crippen LogP contribution is -2.33. The SMILES string of the molecule is Cc1ccc(F)c(S(=O)(=O)N(C)CC(C)O)c1. The number of halogens is 1. The molecule has 0 bridgehead atoms. The molecule has 96 valence electrons. The van der Waals surface area contributed by atoms with Gasteiger partial charge in [0.15, 0.2) is 0 Å². The first-order valence-corrected chi connectivity index (χ1v) is 6.59. The van der Waals surface area contributed by atoms with Gasteiger partial charge < -0.3 is 5.11 Å². The first-order chi connectivity index (χ1) is 7.75. The summed E-state index contributed by atoms with van der Waals surface area (Å²) in [5.74, 6) is -0.784. The molecule has 0 fully saturated rings. The zero-order valence-electron chi connectivity index (χ0n) is 10.0. The van der Waals surface area contributed by atoms with Crippen molar-refractivity contribution < 1.29 is 17.9 Å². The maximum absolute atomic E-state index is 13.5. The quantitative estimate of drug-likeness (QED) is 0.884. The van der Waals surface area contributed by atoms with Crippen LogP contribution in [-0.4, -0.2) is 37.5 Å². The average molecular weight is 261 g/mol. The average Bonchev–Trinajstić information content (AvgIpc) is 2.20. The maximum Gasteiger partial charge on any atom is 0.245 e. The highest BCUT2D eigenvalue weighted by Gasteiger charge is 2.25. The summed E-state index contributed by atoms with van der Waals surface area (Å²) in [5.41, 5.74) is 0.662. The molecule has 0 aliphatic carbocycles. The van der Waals surface area contributed by atoms with Crippen LogP contribution in [0.1, 0.15) is 12.5 Å². The standard InChI is InChI=1S/C11H16FNO3S/c1-8-4-5-10(12)11(6-8)17(15,16)13(3)7-9(2)14/h4-6,9,14H,7H2,1-3H3. The van der Waals surface area contributed by atoms with Crippen LogP contribution in [0.15, 0.2) is 23.1 Å². The molecule has 1 N–H and O–H groups in total. The molecule has 17 heavy (non-hydrogen) atoms. The molecule has 0 aliphatic heterocycles. The van der Waals surface area contributed by atoms with Crippen LogP contribution in [0, 0.1) is 12.7 Å². The van der Waals surface area contributed by atoms with Gasteiger partial charge in [-0.2, -0.15) is 4.31 Å². The van der Waals surface area contributed by atoms with Crippen LogP contribution < -0.4 is 0 Å². The minimum atomic E-state index is -3.89.